The molecule has 0 aliphatic carbocycles. The minimum absolute atomic E-state index is 0.0515. The second kappa shape index (κ2) is 10.2. The van der Waals surface area contributed by atoms with Crippen LogP contribution in [0.1, 0.15) is 32.8 Å². The molecule has 0 fully saturated rings. The molecule has 2 rings (SSSR count). The summed E-state index contributed by atoms with van der Waals surface area (Å²) in [5.41, 5.74) is 1.29. The fourth-order valence-corrected chi connectivity index (χ4v) is 2.27. The summed E-state index contributed by atoms with van der Waals surface area (Å²) in [7, 11) is 1.55. The van der Waals surface area contributed by atoms with Crippen molar-refractivity contribution in [2.75, 3.05) is 20.5 Å². The fraction of sp³-hybridized carbons (Fsp3) is 0.333. The molecule has 1 aromatic carbocycles. The molecule has 1 heterocycles. The number of hydrogen-bond donors (Lipinski definition) is 0. The van der Waals surface area contributed by atoms with Gasteiger partial charge in [-0.3, -0.25) is 4.79 Å². The summed E-state index contributed by atoms with van der Waals surface area (Å²) in [5, 5.41) is 0. The molecular formula is C21H24O7. The number of hydrogen-bond acceptors (Lipinski definition) is 7. The van der Waals surface area contributed by atoms with Crippen molar-refractivity contribution in [1.82, 2.24) is 0 Å². The second-order valence-corrected chi connectivity index (χ2v) is 5.84. The molecule has 7 nitrogen and oxygen atoms in total. The minimum Gasteiger partial charge on any atom is -0.493 e. The van der Waals surface area contributed by atoms with Gasteiger partial charge in [-0.2, -0.15) is 0 Å². The molecule has 1 aliphatic heterocycles. The SMILES string of the molecule is CC=C(COC(=O)C(C)=CC)OC(=O)CC=Cc1cc(OC)c2c(c1)OCO2. The van der Waals surface area contributed by atoms with E-state index in [0.717, 1.165) is 5.56 Å². The third-order valence-corrected chi connectivity index (χ3v) is 3.94. The van der Waals surface area contributed by atoms with E-state index < -0.39 is 11.9 Å². The van der Waals surface area contributed by atoms with Crippen molar-refractivity contribution in [3.05, 3.63) is 47.3 Å². The lowest BCUT2D eigenvalue weighted by molar-refractivity contribution is -0.144. The van der Waals surface area contributed by atoms with Gasteiger partial charge in [0, 0.05) is 5.57 Å². The van der Waals surface area contributed by atoms with E-state index >= 15 is 0 Å². The fourth-order valence-electron chi connectivity index (χ4n) is 2.27. The average molecular weight is 388 g/mol. The Hall–Kier alpha value is -3.22. The van der Waals surface area contributed by atoms with Crippen molar-refractivity contribution in [2.24, 2.45) is 0 Å². The van der Waals surface area contributed by atoms with Gasteiger partial charge in [0.25, 0.3) is 0 Å². The van der Waals surface area contributed by atoms with Gasteiger partial charge < -0.3 is 23.7 Å². The number of carbonyl (C=O) groups is 2. The zero-order valence-corrected chi connectivity index (χ0v) is 16.4. The standard InChI is InChI=1S/C21H24O7/c1-5-14(3)21(23)25-12-16(6-2)28-19(22)9-7-8-15-10-17(24-4)20-18(11-15)26-13-27-20/h5-8,10-11H,9,12-13H2,1-4H3. The lowest BCUT2D eigenvalue weighted by Gasteiger charge is -2.09. The van der Waals surface area contributed by atoms with Gasteiger partial charge >= 0.3 is 11.9 Å². The molecule has 150 valence electrons. The largest absolute Gasteiger partial charge is 0.493 e. The first-order valence-corrected chi connectivity index (χ1v) is 8.78. The molecule has 0 bridgehead atoms. The van der Waals surface area contributed by atoms with E-state index in [9.17, 15) is 9.59 Å². The van der Waals surface area contributed by atoms with Crippen molar-refractivity contribution >= 4 is 18.0 Å². The van der Waals surface area contributed by atoms with Crippen molar-refractivity contribution in [3.63, 3.8) is 0 Å². The molecule has 0 spiro atoms. The van der Waals surface area contributed by atoms with Gasteiger partial charge in [-0.15, -0.1) is 0 Å². The Labute approximate surface area is 164 Å². The first-order chi connectivity index (χ1) is 13.5. The number of rotatable bonds is 8. The van der Waals surface area contributed by atoms with Crippen LogP contribution in [0.4, 0.5) is 0 Å². The lowest BCUT2D eigenvalue weighted by atomic mass is 10.1. The van der Waals surface area contributed by atoms with Crippen molar-refractivity contribution < 1.29 is 33.3 Å². The van der Waals surface area contributed by atoms with Crippen LogP contribution in [0.3, 0.4) is 0 Å². The van der Waals surface area contributed by atoms with E-state index in [1.807, 2.05) is 0 Å². The number of ether oxygens (including phenoxy) is 5. The van der Waals surface area contributed by atoms with Crippen LogP contribution in [-0.2, 0) is 19.1 Å². The number of esters is 2. The summed E-state index contributed by atoms with van der Waals surface area (Å²) >= 11 is 0. The van der Waals surface area contributed by atoms with Crippen LogP contribution < -0.4 is 14.2 Å². The Kier molecular flexibility index (Phi) is 7.68. The van der Waals surface area contributed by atoms with Crippen molar-refractivity contribution in [2.45, 2.75) is 27.2 Å². The number of carbonyl (C=O) groups excluding carboxylic acids is 2. The number of allylic oxidation sites excluding steroid dienone is 2. The summed E-state index contributed by atoms with van der Waals surface area (Å²) in [6.45, 7) is 5.15. The molecule has 28 heavy (non-hydrogen) atoms. The molecule has 0 amide bonds. The van der Waals surface area contributed by atoms with Gasteiger partial charge in [-0.25, -0.2) is 4.79 Å². The average Bonchev–Trinajstić information content (AvgIpc) is 3.18. The highest BCUT2D eigenvalue weighted by Crippen LogP contribution is 2.42. The van der Waals surface area contributed by atoms with Gasteiger partial charge in [0.2, 0.25) is 12.5 Å². The van der Waals surface area contributed by atoms with Crippen molar-refractivity contribution in [3.8, 4) is 17.2 Å². The van der Waals surface area contributed by atoms with E-state index in [4.69, 9.17) is 23.7 Å². The Morgan fingerprint density at radius 1 is 1.18 bits per heavy atom. The maximum absolute atomic E-state index is 12.0. The van der Waals surface area contributed by atoms with Crippen LogP contribution >= 0.6 is 0 Å². The monoisotopic (exact) mass is 388 g/mol. The number of methoxy groups -OCH3 is 1. The Bertz CT molecular complexity index is 818. The highest BCUT2D eigenvalue weighted by Gasteiger charge is 2.19. The quantitative estimate of drug-likeness (QED) is 0.381. The molecule has 1 aliphatic rings. The van der Waals surface area contributed by atoms with E-state index in [1.165, 1.54) is 0 Å². The third-order valence-electron chi connectivity index (χ3n) is 3.94. The van der Waals surface area contributed by atoms with Gasteiger partial charge in [-0.1, -0.05) is 18.2 Å². The van der Waals surface area contributed by atoms with Crippen LogP contribution in [0.5, 0.6) is 17.2 Å². The highest BCUT2D eigenvalue weighted by atomic mass is 16.7. The van der Waals surface area contributed by atoms with E-state index in [-0.39, 0.29) is 25.6 Å². The number of benzene rings is 1. The molecule has 0 saturated carbocycles. The molecular weight excluding hydrogens is 364 g/mol. The lowest BCUT2D eigenvalue weighted by Crippen LogP contribution is -2.12. The Balaban J connectivity index is 1.88. The molecule has 0 unspecified atom stereocenters. The summed E-state index contributed by atoms with van der Waals surface area (Å²) < 4.78 is 26.3. The zero-order chi connectivity index (χ0) is 20.5. The molecule has 7 heteroatoms. The van der Waals surface area contributed by atoms with Crippen LogP contribution in [0.25, 0.3) is 6.08 Å². The molecule has 0 saturated heterocycles. The van der Waals surface area contributed by atoms with Gasteiger partial charge in [0.1, 0.15) is 12.4 Å². The van der Waals surface area contributed by atoms with Crippen LogP contribution in [0.15, 0.2) is 41.7 Å². The Morgan fingerprint density at radius 2 is 1.96 bits per heavy atom. The zero-order valence-electron chi connectivity index (χ0n) is 16.4. The predicted octanol–water partition coefficient (Wildman–Crippen LogP) is 3.78. The van der Waals surface area contributed by atoms with Gasteiger partial charge in [-0.05, 0) is 44.5 Å². The first-order valence-electron chi connectivity index (χ1n) is 8.78. The predicted molar refractivity (Wildman–Crippen MR) is 103 cm³/mol. The van der Waals surface area contributed by atoms with Crippen LogP contribution in [0, 0.1) is 0 Å². The normalized spacial score (nSPS) is 13.6. The summed E-state index contributed by atoms with van der Waals surface area (Å²) in [6.07, 6.45) is 6.72. The van der Waals surface area contributed by atoms with E-state index in [2.05, 4.69) is 0 Å². The molecule has 0 radical (unpaired) electrons. The van der Waals surface area contributed by atoms with Gasteiger partial charge in [0.05, 0.1) is 13.5 Å². The maximum Gasteiger partial charge on any atom is 0.333 e. The second-order valence-electron chi connectivity index (χ2n) is 5.84. The minimum atomic E-state index is -0.462. The van der Waals surface area contributed by atoms with Crippen LogP contribution in [-0.4, -0.2) is 32.4 Å². The first kappa shape index (κ1) is 21.1. The van der Waals surface area contributed by atoms with E-state index in [0.29, 0.717) is 22.8 Å². The Morgan fingerprint density at radius 3 is 2.64 bits per heavy atom. The van der Waals surface area contributed by atoms with Crippen molar-refractivity contribution in [1.29, 1.82) is 0 Å². The topological polar surface area (TPSA) is 80.3 Å². The summed E-state index contributed by atoms with van der Waals surface area (Å²) in [4.78, 5) is 23.7. The highest BCUT2D eigenvalue weighted by molar-refractivity contribution is 5.87. The molecule has 0 aromatic heterocycles. The summed E-state index contributed by atoms with van der Waals surface area (Å²) in [6, 6.07) is 3.59. The van der Waals surface area contributed by atoms with E-state index in [1.54, 1.807) is 64.3 Å². The summed E-state index contributed by atoms with van der Waals surface area (Å²) in [5.74, 6) is 1.09. The smallest absolute Gasteiger partial charge is 0.333 e. The molecule has 0 atom stereocenters. The molecule has 0 N–H and O–H groups in total. The third kappa shape index (κ3) is 5.64. The number of fused-ring (bicyclic) bond motifs is 1. The molecule has 1 aromatic rings. The van der Waals surface area contributed by atoms with Crippen LogP contribution in [0.2, 0.25) is 0 Å². The van der Waals surface area contributed by atoms with Gasteiger partial charge in [0.15, 0.2) is 11.5 Å². The maximum atomic E-state index is 12.0.